The van der Waals surface area contributed by atoms with Gasteiger partial charge in [0, 0.05) is 19.3 Å². The predicted molar refractivity (Wildman–Crippen MR) is 140 cm³/mol. The first kappa shape index (κ1) is 25.9. The number of carbonyl (C=O) groups excluding carboxylic acids is 1. The standard InChI is InChI=1S/C24H25N3O4S2.ClH/c1-26(2)12-13-27(24-25-21-11-10-20(33(3,29)30)15-22(21)32-24)23(28)16-31-19-9-8-17-6-4-5-7-18(17)14-19;/h4-11,14-15H,12-13,16H2,1-3H3;1H. The van der Waals surface area contributed by atoms with Gasteiger partial charge in [-0.1, -0.05) is 41.7 Å². The van der Waals surface area contributed by atoms with Crippen molar-refractivity contribution in [3.8, 4) is 5.75 Å². The summed E-state index contributed by atoms with van der Waals surface area (Å²) in [5.41, 5.74) is 0.653. The monoisotopic (exact) mass is 519 g/mol. The molecule has 0 N–H and O–H groups in total. The van der Waals surface area contributed by atoms with E-state index >= 15 is 0 Å². The van der Waals surface area contributed by atoms with E-state index in [4.69, 9.17) is 4.74 Å². The lowest BCUT2D eigenvalue weighted by molar-refractivity contribution is -0.120. The van der Waals surface area contributed by atoms with Gasteiger partial charge in [-0.2, -0.15) is 0 Å². The van der Waals surface area contributed by atoms with Crippen LogP contribution in [-0.4, -0.2) is 64.3 Å². The van der Waals surface area contributed by atoms with Gasteiger partial charge in [-0.15, -0.1) is 12.4 Å². The van der Waals surface area contributed by atoms with E-state index in [-0.39, 0.29) is 29.8 Å². The highest BCUT2D eigenvalue weighted by atomic mass is 35.5. The average molecular weight is 520 g/mol. The third-order valence-electron chi connectivity index (χ3n) is 5.16. The van der Waals surface area contributed by atoms with E-state index < -0.39 is 9.84 Å². The molecule has 0 atom stereocenters. The molecule has 1 heterocycles. The van der Waals surface area contributed by atoms with Crippen LogP contribution in [-0.2, 0) is 14.6 Å². The zero-order valence-electron chi connectivity index (χ0n) is 19.1. The Labute approximate surface area is 209 Å². The Balaban J connectivity index is 0.00000324. The molecular weight excluding hydrogens is 494 g/mol. The number of halogens is 1. The predicted octanol–water partition coefficient (Wildman–Crippen LogP) is 4.25. The number of amides is 1. The molecule has 3 aromatic carbocycles. The maximum atomic E-state index is 13.1. The van der Waals surface area contributed by atoms with Crippen LogP contribution in [0.4, 0.5) is 5.13 Å². The highest BCUT2D eigenvalue weighted by Gasteiger charge is 2.21. The number of nitrogens with zero attached hydrogens (tertiary/aromatic N) is 3. The Bertz CT molecular complexity index is 1420. The molecule has 0 aliphatic carbocycles. The van der Waals surface area contributed by atoms with E-state index in [1.807, 2.05) is 61.5 Å². The number of rotatable bonds is 8. The van der Waals surface area contributed by atoms with Crippen LogP contribution >= 0.6 is 23.7 Å². The third-order valence-corrected chi connectivity index (χ3v) is 7.31. The smallest absolute Gasteiger partial charge is 0.266 e. The first-order chi connectivity index (χ1) is 15.7. The average Bonchev–Trinajstić information content (AvgIpc) is 3.20. The fourth-order valence-electron chi connectivity index (χ4n) is 3.35. The Morgan fingerprint density at radius 1 is 1.00 bits per heavy atom. The van der Waals surface area contributed by atoms with Crippen molar-refractivity contribution in [1.82, 2.24) is 9.88 Å². The zero-order chi connectivity index (χ0) is 23.6. The molecule has 34 heavy (non-hydrogen) atoms. The highest BCUT2D eigenvalue weighted by molar-refractivity contribution is 7.90. The van der Waals surface area contributed by atoms with Crippen LogP contribution in [0.25, 0.3) is 21.0 Å². The number of anilines is 1. The number of fused-ring (bicyclic) bond motifs is 2. The van der Waals surface area contributed by atoms with Crippen molar-refractivity contribution < 1.29 is 17.9 Å². The van der Waals surface area contributed by atoms with Crippen molar-refractivity contribution in [3.05, 3.63) is 60.7 Å². The van der Waals surface area contributed by atoms with Gasteiger partial charge in [-0.05, 0) is 55.2 Å². The second kappa shape index (κ2) is 10.7. The molecule has 0 saturated carbocycles. The van der Waals surface area contributed by atoms with Gasteiger partial charge < -0.3 is 9.64 Å². The lowest BCUT2D eigenvalue weighted by atomic mass is 10.1. The van der Waals surface area contributed by atoms with E-state index in [1.165, 1.54) is 23.7 Å². The number of sulfone groups is 1. The van der Waals surface area contributed by atoms with Crippen LogP contribution in [0.2, 0.25) is 0 Å². The first-order valence-corrected chi connectivity index (χ1v) is 13.1. The van der Waals surface area contributed by atoms with Crippen LogP contribution < -0.4 is 9.64 Å². The molecule has 0 saturated heterocycles. The second-order valence-electron chi connectivity index (χ2n) is 8.04. The van der Waals surface area contributed by atoms with E-state index in [1.54, 1.807) is 17.0 Å². The fraction of sp³-hybridized carbons (Fsp3) is 0.250. The van der Waals surface area contributed by atoms with Gasteiger partial charge >= 0.3 is 0 Å². The van der Waals surface area contributed by atoms with Crippen LogP contribution in [0.5, 0.6) is 5.75 Å². The summed E-state index contributed by atoms with van der Waals surface area (Å²) in [5.74, 6) is 0.407. The minimum absolute atomic E-state index is 0. The quantitative estimate of drug-likeness (QED) is 0.346. The second-order valence-corrected chi connectivity index (χ2v) is 11.1. The number of ether oxygens (including phenoxy) is 1. The van der Waals surface area contributed by atoms with Crippen molar-refractivity contribution in [2.24, 2.45) is 0 Å². The van der Waals surface area contributed by atoms with E-state index in [2.05, 4.69) is 4.98 Å². The molecule has 0 fully saturated rings. The SMILES string of the molecule is CN(C)CCN(C(=O)COc1ccc2ccccc2c1)c1nc2ccc(S(C)(=O)=O)cc2s1.Cl. The van der Waals surface area contributed by atoms with Gasteiger partial charge in [0.15, 0.2) is 21.6 Å². The van der Waals surface area contributed by atoms with Gasteiger partial charge in [0.1, 0.15) is 5.75 Å². The van der Waals surface area contributed by atoms with Gasteiger partial charge in [-0.3, -0.25) is 9.69 Å². The van der Waals surface area contributed by atoms with Gasteiger partial charge in [0.05, 0.1) is 15.1 Å². The topological polar surface area (TPSA) is 79.8 Å². The summed E-state index contributed by atoms with van der Waals surface area (Å²) in [4.78, 5) is 21.6. The molecule has 0 unspecified atom stereocenters. The lowest BCUT2D eigenvalue weighted by Crippen LogP contribution is -2.39. The summed E-state index contributed by atoms with van der Waals surface area (Å²) in [7, 11) is 0.545. The molecule has 1 amide bonds. The molecule has 10 heteroatoms. The summed E-state index contributed by atoms with van der Waals surface area (Å²) in [6, 6.07) is 18.5. The first-order valence-electron chi connectivity index (χ1n) is 10.4. The maximum Gasteiger partial charge on any atom is 0.266 e. The Kier molecular flexibility index (Phi) is 8.14. The van der Waals surface area contributed by atoms with E-state index in [0.717, 1.165) is 10.8 Å². The van der Waals surface area contributed by atoms with Crippen LogP contribution in [0.1, 0.15) is 0 Å². The summed E-state index contributed by atoms with van der Waals surface area (Å²) < 4.78 is 30.3. The van der Waals surface area contributed by atoms with Gasteiger partial charge in [0.25, 0.3) is 5.91 Å². The van der Waals surface area contributed by atoms with Crippen LogP contribution in [0.3, 0.4) is 0 Å². The zero-order valence-corrected chi connectivity index (χ0v) is 21.5. The van der Waals surface area contributed by atoms with Crippen molar-refractivity contribution in [1.29, 1.82) is 0 Å². The minimum Gasteiger partial charge on any atom is -0.484 e. The number of benzene rings is 3. The number of hydrogen-bond donors (Lipinski definition) is 0. The fourth-order valence-corrected chi connectivity index (χ4v) is 5.12. The molecule has 180 valence electrons. The molecule has 4 rings (SSSR count). The normalized spacial score (nSPS) is 11.5. The third kappa shape index (κ3) is 6.04. The molecular formula is C24H26ClN3O4S2. The molecule has 4 aromatic rings. The minimum atomic E-state index is -3.33. The molecule has 7 nitrogen and oxygen atoms in total. The molecule has 0 aliphatic heterocycles. The van der Waals surface area contributed by atoms with Crippen molar-refractivity contribution >= 4 is 65.6 Å². The van der Waals surface area contributed by atoms with Gasteiger partial charge in [-0.25, -0.2) is 13.4 Å². The van der Waals surface area contributed by atoms with Crippen LogP contribution in [0, 0.1) is 0 Å². The van der Waals surface area contributed by atoms with E-state index in [0.29, 0.717) is 34.2 Å². The molecule has 0 bridgehead atoms. The van der Waals surface area contributed by atoms with Crippen LogP contribution in [0.15, 0.2) is 65.6 Å². The summed E-state index contributed by atoms with van der Waals surface area (Å²) in [6.45, 7) is 0.953. The van der Waals surface area contributed by atoms with E-state index in [9.17, 15) is 13.2 Å². The van der Waals surface area contributed by atoms with Crippen molar-refractivity contribution in [3.63, 3.8) is 0 Å². The van der Waals surface area contributed by atoms with Crippen molar-refractivity contribution in [2.75, 3.05) is 44.9 Å². The highest BCUT2D eigenvalue weighted by Crippen LogP contribution is 2.31. The number of thiazole rings is 1. The van der Waals surface area contributed by atoms with Crippen molar-refractivity contribution in [2.45, 2.75) is 4.90 Å². The summed E-state index contributed by atoms with van der Waals surface area (Å²) in [6.07, 6.45) is 1.17. The Hall–Kier alpha value is -2.72. The summed E-state index contributed by atoms with van der Waals surface area (Å²) in [5, 5.41) is 2.66. The molecule has 0 spiro atoms. The maximum absolute atomic E-state index is 13.1. The molecule has 1 aromatic heterocycles. The number of hydrogen-bond acceptors (Lipinski definition) is 7. The lowest BCUT2D eigenvalue weighted by Gasteiger charge is -2.22. The largest absolute Gasteiger partial charge is 0.484 e. The van der Waals surface area contributed by atoms with Gasteiger partial charge in [0.2, 0.25) is 0 Å². The Morgan fingerprint density at radius 2 is 1.74 bits per heavy atom. The molecule has 0 radical (unpaired) electrons. The number of carbonyl (C=O) groups is 1. The number of likely N-dealkylation sites (N-methyl/N-ethyl adjacent to an activating group) is 1. The Morgan fingerprint density at radius 3 is 2.44 bits per heavy atom. The number of aromatic nitrogens is 1. The summed E-state index contributed by atoms with van der Waals surface area (Å²) >= 11 is 1.29. The molecule has 0 aliphatic rings.